The van der Waals surface area contributed by atoms with E-state index >= 15 is 0 Å². The van der Waals surface area contributed by atoms with E-state index in [0.717, 1.165) is 24.1 Å². The molecule has 2 aromatic carbocycles. The Morgan fingerprint density at radius 3 is 2.66 bits per heavy atom. The maximum atomic E-state index is 13.1. The van der Waals surface area contributed by atoms with E-state index in [4.69, 9.17) is 21.3 Å². The standard InChI is InChI=1S/C26H23ClN4O3S/c1-34-21-5-2-4-20(14-21)31-15-22(17-7-9-18(27)10-8-17)28-26(31)29-24(32)16-30(19-11-12-19)25(33)23-6-3-13-35-23/h2-10,13-15,19H,11-12,16H2,1H3,(H,28,29,32). The molecule has 0 radical (unpaired) electrons. The summed E-state index contributed by atoms with van der Waals surface area (Å²) in [6.45, 7) is -0.0390. The number of rotatable bonds is 8. The number of thiophene rings is 1. The average molecular weight is 507 g/mol. The molecule has 2 heterocycles. The fourth-order valence-corrected chi connectivity index (χ4v) is 4.60. The van der Waals surface area contributed by atoms with E-state index in [-0.39, 0.29) is 24.4 Å². The molecule has 1 fully saturated rings. The number of halogens is 1. The Morgan fingerprint density at radius 1 is 1.17 bits per heavy atom. The number of ether oxygens (including phenoxy) is 1. The molecule has 1 N–H and O–H groups in total. The largest absolute Gasteiger partial charge is 0.497 e. The zero-order chi connectivity index (χ0) is 24.4. The molecule has 9 heteroatoms. The summed E-state index contributed by atoms with van der Waals surface area (Å²) in [5, 5.41) is 5.41. The number of anilines is 1. The van der Waals surface area contributed by atoms with Crippen molar-refractivity contribution in [2.75, 3.05) is 19.0 Å². The number of aromatic nitrogens is 2. The summed E-state index contributed by atoms with van der Waals surface area (Å²) in [5.41, 5.74) is 2.31. The SMILES string of the molecule is COc1cccc(-n2cc(-c3ccc(Cl)cc3)nc2NC(=O)CN(C(=O)c2cccs2)C2CC2)c1. The Labute approximate surface area is 211 Å². The summed E-state index contributed by atoms with van der Waals surface area (Å²) in [5.74, 6) is 0.616. The van der Waals surface area contributed by atoms with Crippen molar-refractivity contribution < 1.29 is 14.3 Å². The minimum atomic E-state index is -0.306. The first-order valence-corrected chi connectivity index (χ1v) is 12.4. The Kier molecular flexibility index (Phi) is 6.57. The van der Waals surface area contributed by atoms with Gasteiger partial charge in [-0.25, -0.2) is 4.98 Å². The van der Waals surface area contributed by atoms with E-state index in [0.29, 0.717) is 27.3 Å². The smallest absolute Gasteiger partial charge is 0.264 e. The van der Waals surface area contributed by atoms with Gasteiger partial charge in [-0.05, 0) is 48.6 Å². The molecule has 4 aromatic rings. The van der Waals surface area contributed by atoms with Gasteiger partial charge in [0.1, 0.15) is 12.3 Å². The highest BCUT2D eigenvalue weighted by Gasteiger charge is 2.35. The lowest BCUT2D eigenvalue weighted by molar-refractivity contribution is -0.117. The molecule has 178 valence electrons. The highest BCUT2D eigenvalue weighted by molar-refractivity contribution is 7.12. The number of methoxy groups -OCH3 is 1. The first-order chi connectivity index (χ1) is 17.0. The third-order valence-corrected chi connectivity index (χ3v) is 6.83. The Morgan fingerprint density at radius 2 is 1.97 bits per heavy atom. The fraction of sp³-hybridized carbons (Fsp3) is 0.192. The lowest BCUT2D eigenvalue weighted by Crippen LogP contribution is -2.39. The van der Waals surface area contributed by atoms with Gasteiger partial charge in [-0.3, -0.25) is 19.5 Å². The summed E-state index contributed by atoms with van der Waals surface area (Å²) in [4.78, 5) is 33.1. The maximum absolute atomic E-state index is 13.1. The van der Waals surface area contributed by atoms with Gasteiger partial charge in [0, 0.05) is 28.9 Å². The number of carbonyl (C=O) groups excluding carboxylic acids is 2. The monoisotopic (exact) mass is 506 g/mol. The van der Waals surface area contributed by atoms with Crippen molar-refractivity contribution in [1.82, 2.24) is 14.5 Å². The molecule has 0 unspecified atom stereocenters. The second kappa shape index (κ2) is 9.93. The van der Waals surface area contributed by atoms with Crippen LogP contribution in [-0.4, -0.2) is 46.0 Å². The maximum Gasteiger partial charge on any atom is 0.264 e. The van der Waals surface area contributed by atoms with E-state index in [1.165, 1.54) is 11.3 Å². The molecule has 0 bridgehead atoms. The van der Waals surface area contributed by atoms with E-state index in [1.54, 1.807) is 34.8 Å². The molecule has 7 nitrogen and oxygen atoms in total. The Balaban J connectivity index is 1.43. The first kappa shape index (κ1) is 23.1. The molecule has 2 amide bonds. The molecular weight excluding hydrogens is 484 g/mol. The molecule has 0 atom stereocenters. The molecule has 35 heavy (non-hydrogen) atoms. The zero-order valence-electron chi connectivity index (χ0n) is 19.0. The van der Waals surface area contributed by atoms with Crippen LogP contribution in [0.2, 0.25) is 5.02 Å². The van der Waals surface area contributed by atoms with Crippen molar-refractivity contribution in [1.29, 1.82) is 0 Å². The summed E-state index contributed by atoms with van der Waals surface area (Å²) >= 11 is 7.43. The van der Waals surface area contributed by atoms with Gasteiger partial charge in [-0.2, -0.15) is 0 Å². The topological polar surface area (TPSA) is 76.5 Å². The van der Waals surface area contributed by atoms with Gasteiger partial charge in [0.15, 0.2) is 0 Å². The van der Waals surface area contributed by atoms with Crippen LogP contribution in [0.1, 0.15) is 22.5 Å². The molecule has 0 spiro atoms. The zero-order valence-corrected chi connectivity index (χ0v) is 20.6. The van der Waals surface area contributed by atoms with E-state index < -0.39 is 0 Å². The van der Waals surface area contributed by atoms with Crippen molar-refractivity contribution in [3.05, 3.63) is 82.1 Å². The molecular formula is C26H23ClN4O3S. The van der Waals surface area contributed by atoms with Gasteiger partial charge in [0.25, 0.3) is 5.91 Å². The normalized spacial score (nSPS) is 12.9. The molecule has 1 aliphatic rings. The van der Waals surface area contributed by atoms with Crippen molar-refractivity contribution >= 4 is 40.7 Å². The van der Waals surface area contributed by atoms with E-state index in [1.807, 2.05) is 54.0 Å². The number of hydrogen-bond donors (Lipinski definition) is 1. The number of nitrogens with zero attached hydrogens (tertiary/aromatic N) is 3. The highest BCUT2D eigenvalue weighted by atomic mass is 35.5. The first-order valence-electron chi connectivity index (χ1n) is 11.2. The second-order valence-corrected chi connectivity index (χ2v) is 9.60. The third-order valence-electron chi connectivity index (χ3n) is 5.72. The van der Waals surface area contributed by atoms with Crippen LogP contribution < -0.4 is 10.1 Å². The average Bonchev–Trinajstić information content (AvgIpc) is 3.39. The van der Waals surface area contributed by atoms with Crippen molar-refractivity contribution in [3.8, 4) is 22.7 Å². The van der Waals surface area contributed by atoms with Crippen LogP contribution in [0.3, 0.4) is 0 Å². The predicted molar refractivity (Wildman–Crippen MR) is 138 cm³/mol. The number of hydrogen-bond acceptors (Lipinski definition) is 5. The van der Waals surface area contributed by atoms with Gasteiger partial charge in [-0.15, -0.1) is 11.3 Å². The fourth-order valence-electron chi connectivity index (χ4n) is 3.80. The Hall–Kier alpha value is -3.62. The lowest BCUT2D eigenvalue weighted by Gasteiger charge is -2.21. The van der Waals surface area contributed by atoms with Crippen LogP contribution in [0.5, 0.6) is 5.75 Å². The van der Waals surface area contributed by atoms with Gasteiger partial charge in [0.05, 0.1) is 23.4 Å². The number of nitrogens with one attached hydrogen (secondary N) is 1. The molecule has 0 aliphatic heterocycles. The van der Waals surface area contributed by atoms with Gasteiger partial charge < -0.3 is 9.64 Å². The van der Waals surface area contributed by atoms with Gasteiger partial charge in [0.2, 0.25) is 11.9 Å². The number of amides is 2. The quantitative estimate of drug-likeness (QED) is 0.342. The van der Waals surface area contributed by atoms with Crippen molar-refractivity contribution in [2.45, 2.75) is 18.9 Å². The van der Waals surface area contributed by atoms with Crippen LogP contribution in [0.15, 0.2) is 72.2 Å². The Bertz CT molecular complexity index is 1350. The van der Waals surface area contributed by atoms with E-state index in [9.17, 15) is 9.59 Å². The predicted octanol–water partition coefficient (Wildman–Crippen LogP) is 5.51. The van der Waals surface area contributed by atoms with Crippen molar-refractivity contribution in [2.24, 2.45) is 0 Å². The number of benzene rings is 2. The van der Waals surface area contributed by atoms with Crippen LogP contribution in [0.4, 0.5) is 5.95 Å². The summed E-state index contributed by atoms with van der Waals surface area (Å²) in [6.07, 6.45) is 3.66. The lowest BCUT2D eigenvalue weighted by atomic mass is 10.2. The van der Waals surface area contributed by atoms with Gasteiger partial charge >= 0.3 is 0 Å². The molecule has 1 saturated carbocycles. The number of carbonyl (C=O) groups is 2. The highest BCUT2D eigenvalue weighted by Crippen LogP contribution is 2.30. The molecule has 0 saturated heterocycles. The molecule has 5 rings (SSSR count). The van der Waals surface area contributed by atoms with Gasteiger partial charge in [-0.1, -0.05) is 35.9 Å². The van der Waals surface area contributed by atoms with Crippen molar-refractivity contribution in [3.63, 3.8) is 0 Å². The van der Waals surface area contributed by atoms with Crippen LogP contribution >= 0.6 is 22.9 Å². The molecule has 2 aromatic heterocycles. The second-order valence-electron chi connectivity index (χ2n) is 8.22. The van der Waals surface area contributed by atoms with Crippen LogP contribution in [-0.2, 0) is 4.79 Å². The third kappa shape index (κ3) is 5.23. The van der Waals surface area contributed by atoms with E-state index in [2.05, 4.69) is 5.32 Å². The van der Waals surface area contributed by atoms with Crippen LogP contribution in [0.25, 0.3) is 16.9 Å². The summed E-state index contributed by atoms with van der Waals surface area (Å²) < 4.78 is 7.17. The van der Waals surface area contributed by atoms with Crippen LogP contribution in [0, 0.1) is 0 Å². The number of imidazole rings is 1. The minimum absolute atomic E-state index is 0.0390. The molecule has 1 aliphatic carbocycles. The minimum Gasteiger partial charge on any atom is -0.497 e. The summed E-state index contributed by atoms with van der Waals surface area (Å²) in [6, 6.07) is 18.5. The summed E-state index contributed by atoms with van der Waals surface area (Å²) in [7, 11) is 1.60.